The molecule has 0 heterocycles. The topological polar surface area (TPSA) is 3.24 Å². The summed E-state index contributed by atoms with van der Waals surface area (Å²) in [5, 5.41) is 0. The Morgan fingerprint density at radius 1 is 0.870 bits per heavy atom. The fourth-order valence-corrected chi connectivity index (χ4v) is 2.49. The van der Waals surface area contributed by atoms with Crippen molar-refractivity contribution in [3.05, 3.63) is 109 Å². The van der Waals surface area contributed by atoms with E-state index >= 15 is 0 Å². The van der Waals surface area contributed by atoms with Crippen LogP contribution in [-0.2, 0) is 13.1 Å². The van der Waals surface area contributed by atoms with Crippen LogP contribution >= 0.6 is 0 Å². The van der Waals surface area contributed by atoms with E-state index in [-0.39, 0.29) is 0 Å². The molecule has 0 saturated heterocycles. The van der Waals surface area contributed by atoms with Crippen LogP contribution in [0.4, 0.5) is 0 Å². The Hall–Kier alpha value is -2.38. The van der Waals surface area contributed by atoms with E-state index in [1.54, 1.807) is 6.08 Å². The maximum atomic E-state index is 4.12. The van der Waals surface area contributed by atoms with Gasteiger partial charge in [-0.1, -0.05) is 97.6 Å². The summed E-state index contributed by atoms with van der Waals surface area (Å²) in [5.41, 5.74) is 3.82. The third-order valence-electron chi connectivity index (χ3n) is 3.72. The Labute approximate surface area is 140 Å². The summed E-state index contributed by atoms with van der Waals surface area (Å²) in [5.74, 6) is 0. The van der Waals surface area contributed by atoms with Crippen LogP contribution in [0.1, 0.15) is 17.5 Å². The average Bonchev–Trinajstić information content (AvgIpc) is 2.59. The van der Waals surface area contributed by atoms with Crippen molar-refractivity contribution >= 4 is 0 Å². The van der Waals surface area contributed by atoms with E-state index in [2.05, 4.69) is 78.7 Å². The molecule has 1 nitrogen and oxygen atoms in total. The number of allylic oxidation sites excluding steroid dienone is 3. The minimum absolute atomic E-state index is 0.953. The molecule has 0 aliphatic heterocycles. The molecule has 1 heteroatoms. The predicted molar refractivity (Wildman–Crippen MR) is 100 cm³/mol. The Bertz CT molecular complexity index is 584. The van der Waals surface area contributed by atoms with Crippen LogP contribution in [0.3, 0.4) is 0 Å². The van der Waals surface area contributed by atoms with E-state index in [4.69, 9.17) is 0 Å². The quantitative estimate of drug-likeness (QED) is 0.562. The van der Waals surface area contributed by atoms with Gasteiger partial charge in [0, 0.05) is 19.6 Å². The molecule has 2 aromatic rings. The van der Waals surface area contributed by atoms with Gasteiger partial charge in [-0.05, 0) is 17.5 Å². The average molecular weight is 303 g/mol. The third-order valence-corrected chi connectivity index (χ3v) is 3.72. The fraction of sp³-hybridized carbons (Fsp3) is 0.182. The smallest absolute Gasteiger partial charge is 0.0237 e. The predicted octanol–water partition coefficient (Wildman–Crippen LogP) is 5.38. The summed E-state index contributed by atoms with van der Waals surface area (Å²) in [6.45, 7) is 10.7. The number of hydrogen-bond donors (Lipinski definition) is 0. The lowest BCUT2D eigenvalue weighted by atomic mass is 10.1. The first kappa shape index (κ1) is 17.0. The van der Waals surface area contributed by atoms with Crippen molar-refractivity contribution in [1.29, 1.82) is 0 Å². The lowest BCUT2D eigenvalue weighted by molar-refractivity contribution is 0.260. The minimum Gasteiger partial charge on any atom is -0.295 e. The van der Waals surface area contributed by atoms with Crippen molar-refractivity contribution < 1.29 is 0 Å². The molecular weight excluding hydrogens is 278 g/mol. The fourth-order valence-electron chi connectivity index (χ4n) is 2.49. The second-order valence-corrected chi connectivity index (χ2v) is 5.68. The van der Waals surface area contributed by atoms with Crippen LogP contribution in [0.25, 0.3) is 0 Å². The van der Waals surface area contributed by atoms with Gasteiger partial charge in [0.15, 0.2) is 0 Å². The maximum Gasteiger partial charge on any atom is 0.0237 e. The van der Waals surface area contributed by atoms with Gasteiger partial charge in [0.2, 0.25) is 0 Å². The van der Waals surface area contributed by atoms with E-state index in [1.807, 2.05) is 12.2 Å². The first-order valence-corrected chi connectivity index (χ1v) is 8.05. The molecule has 0 amide bonds. The van der Waals surface area contributed by atoms with Gasteiger partial charge in [-0.25, -0.2) is 0 Å². The van der Waals surface area contributed by atoms with E-state index in [1.165, 1.54) is 11.1 Å². The highest BCUT2D eigenvalue weighted by Gasteiger charge is 2.07. The Morgan fingerprint density at radius 2 is 1.39 bits per heavy atom. The van der Waals surface area contributed by atoms with Crippen molar-refractivity contribution in [3.63, 3.8) is 0 Å². The molecule has 0 spiro atoms. The van der Waals surface area contributed by atoms with Crippen molar-refractivity contribution in [3.8, 4) is 0 Å². The van der Waals surface area contributed by atoms with E-state index in [0.717, 1.165) is 31.6 Å². The molecule has 0 aliphatic rings. The molecule has 0 saturated carbocycles. The first-order valence-electron chi connectivity index (χ1n) is 8.05. The molecule has 2 aromatic carbocycles. The molecular formula is C22H25N. The third kappa shape index (κ3) is 6.50. The number of hydrogen-bond acceptors (Lipinski definition) is 1. The summed E-state index contributed by atoms with van der Waals surface area (Å²) in [7, 11) is 0. The number of rotatable bonds is 9. The van der Waals surface area contributed by atoms with Crippen LogP contribution in [0.5, 0.6) is 0 Å². The summed E-state index contributed by atoms with van der Waals surface area (Å²) in [6, 6.07) is 21.3. The molecule has 0 aromatic heterocycles. The van der Waals surface area contributed by atoms with Crippen molar-refractivity contribution in [2.75, 3.05) is 6.54 Å². The van der Waals surface area contributed by atoms with Crippen molar-refractivity contribution in [1.82, 2.24) is 4.90 Å². The standard InChI is InChI=1S/C22H25N/c1-3-4-11-20(2)16-17-23(18-21-12-7-5-8-13-21)19-22-14-9-6-10-15-22/h3-15H,1-2,16-19H2. The van der Waals surface area contributed by atoms with Gasteiger partial charge in [-0.2, -0.15) is 0 Å². The van der Waals surface area contributed by atoms with Crippen LogP contribution in [0.2, 0.25) is 0 Å². The lowest BCUT2D eigenvalue weighted by Gasteiger charge is -2.23. The zero-order valence-electron chi connectivity index (χ0n) is 13.7. The minimum atomic E-state index is 0.953. The summed E-state index contributed by atoms with van der Waals surface area (Å²) < 4.78 is 0. The zero-order valence-corrected chi connectivity index (χ0v) is 13.7. The molecule has 0 N–H and O–H groups in total. The van der Waals surface area contributed by atoms with Crippen LogP contribution in [0, 0.1) is 0 Å². The van der Waals surface area contributed by atoms with Gasteiger partial charge in [-0.3, -0.25) is 4.90 Å². The second-order valence-electron chi connectivity index (χ2n) is 5.68. The molecule has 0 fully saturated rings. The van der Waals surface area contributed by atoms with Crippen LogP contribution < -0.4 is 0 Å². The van der Waals surface area contributed by atoms with Crippen LogP contribution in [-0.4, -0.2) is 11.4 Å². The van der Waals surface area contributed by atoms with E-state index in [0.29, 0.717) is 0 Å². The largest absolute Gasteiger partial charge is 0.295 e. The molecule has 0 bridgehead atoms. The summed E-state index contributed by atoms with van der Waals surface area (Å²) in [6.07, 6.45) is 6.73. The molecule has 23 heavy (non-hydrogen) atoms. The lowest BCUT2D eigenvalue weighted by Crippen LogP contribution is -2.24. The molecule has 118 valence electrons. The highest BCUT2D eigenvalue weighted by molar-refractivity contribution is 5.19. The Morgan fingerprint density at radius 3 is 1.87 bits per heavy atom. The van der Waals surface area contributed by atoms with Gasteiger partial charge < -0.3 is 0 Å². The van der Waals surface area contributed by atoms with Gasteiger partial charge in [0.05, 0.1) is 0 Å². The zero-order chi connectivity index (χ0) is 16.3. The molecule has 2 rings (SSSR count). The monoisotopic (exact) mass is 303 g/mol. The first-order chi connectivity index (χ1) is 11.3. The Kier molecular flexibility index (Phi) is 7.09. The number of benzene rings is 2. The highest BCUT2D eigenvalue weighted by atomic mass is 15.1. The number of nitrogens with zero attached hydrogens (tertiary/aromatic N) is 1. The normalized spacial score (nSPS) is 11.0. The molecule has 0 radical (unpaired) electrons. The van der Waals surface area contributed by atoms with Crippen molar-refractivity contribution in [2.45, 2.75) is 19.5 Å². The second kappa shape index (κ2) is 9.60. The maximum absolute atomic E-state index is 4.12. The van der Waals surface area contributed by atoms with Gasteiger partial charge >= 0.3 is 0 Å². The highest BCUT2D eigenvalue weighted by Crippen LogP contribution is 2.12. The molecule has 0 atom stereocenters. The van der Waals surface area contributed by atoms with Gasteiger partial charge in [0.25, 0.3) is 0 Å². The Balaban J connectivity index is 2.00. The van der Waals surface area contributed by atoms with Gasteiger partial charge in [0.1, 0.15) is 0 Å². The molecule has 0 aliphatic carbocycles. The summed E-state index contributed by atoms with van der Waals surface area (Å²) in [4.78, 5) is 2.47. The van der Waals surface area contributed by atoms with Crippen LogP contribution in [0.15, 0.2) is 97.6 Å². The SMILES string of the molecule is C=CC=CC(=C)CCN(Cc1ccccc1)Cc1ccccc1. The van der Waals surface area contributed by atoms with E-state index < -0.39 is 0 Å². The van der Waals surface area contributed by atoms with Gasteiger partial charge in [-0.15, -0.1) is 0 Å². The summed E-state index contributed by atoms with van der Waals surface area (Å²) >= 11 is 0. The van der Waals surface area contributed by atoms with Crippen molar-refractivity contribution in [2.24, 2.45) is 0 Å². The van der Waals surface area contributed by atoms with E-state index in [9.17, 15) is 0 Å². The molecule has 0 unspecified atom stereocenters.